The largest absolute Gasteiger partial charge is 0.496 e. The van der Waals surface area contributed by atoms with Gasteiger partial charge in [0.25, 0.3) is 0 Å². The Labute approximate surface area is 447 Å². The lowest BCUT2D eigenvalue weighted by Gasteiger charge is -2.43. The van der Waals surface area contributed by atoms with Gasteiger partial charge in [0.05, 0.1) is 36.5 Å². The molecule has 0 saturated heterocycles. The van der Waals surface area contributed by atoms with Gasteiger partial charge in [0.1, 0.15) is 18.2 Å². The second kappa shape index (κ2) is 26.6. The molecule has 0 aromatic heterocycles. The molecule has 0 aliphatic carbocycles. The van der Waals surface area contributed by atoms with Gasteiger partial charge >= 0.3 is 18.5 Å². The van der Waals surface area contributed by atoms with E-state index in [1.54, 1.807) is 7.11 Å². The van der Waals surface area contributed by atoms with Gasteiger partial charge in [-0.2, -0.15) is 39.5 Å². The molecule has 0 bridgehead atoms. The van der Waals surface area contributed by atoms with Gasteiger partial charge in [-0.05, 0) is 132 Å². The van der Waals surface area contributed by atoms with Crippen molar-refractivity contribution in [3.63, 3.8) is 0 Å². The first-order valence-electron chi connectivity index (χ1n) is 27.2. The maximum atomic E-state index is 15.0. The molecule has 0 N–H and O–H groups in total. The molecule has 0 radical (unpaired) electrons. The molecule has 1 atom stereocenters. The standard InChI is InChI=1S/C62H85F10NO3/c1-15-18-20-22-24-26-28-59(76-14,29-27-25-23-21-19-16-2)40(4)73(11)39-50-49(37-52(58(8,9)10)56(75-13)54(50)43-33-45(61(67,68)69)35-46(34-43)62(70,71)72)48-36-51(57(5,6)7)55(74-12)53(47(48)17-3)42-30-41(38-63)31-44(32-42)60(64,65)66/h30-37,40H,15-29,38-39H2,1-14H3/t40-/m0/s1. The molecule has 0 spiro atoms. The van der Waals surface area contributed by atoms with Crippen LogP contribution in [-0.2, 0) is 53.7 Å². The molecule has 0 fully saturated rings. The average Bonchev–Trinajstić information content (AvgIpc) is 3.34. The van der Waals surface area contributed by atoms with E-state index in [1.165, 1.54) is 20.3 Å². The van der Waals surface area contributed by atoms with Crippen molar-refractivity contribution >= 4 is 0 Å². The fourth-order valence-electron chi connectivity index (χ4n) is 10.9. The Hall–Kier alpha value is -4.30. The summed E-state index contributed by atoms with van der Waals surface area (Å²) in [5.41, 5.74) is -4.03. The van der Waals surface area contributed by atoms with Crippen molar-refractivity contribution in [1.82, 2.24) is 4.90 Å². The lowest BCUT2D eigenvalue weighted by molar-refractivity contribution is -0.143. The van der Waals surface area contributed by atoms with E-state index in [0.717, 1.165) is 101 Å². The molecular weight excluding hydrogens is 997 g/mol. The van der Waals surface area contributed by atoms with Gasteiger partial charge in [0.15, 0.2) is 0 Å². The normalized spacial score (nSPS) is 13.5. The molecule has 0 aliphatic rings. The third kappa shape index (κ3) is 15.7. The summed E-state index contributed by atoms with van der Waals surface area (Å²) in [5, 5.41) is 0. The third-order valence-electron chi connectivity index (χ3n) is 15.2. The van der Waals surface area contributed by atoms with Crippen LogP contribution in [0.5, 0.6) is 11.5 Å². The Bertz CT molecular complexity index is 2460. The number of halogens is 10. The summed E-state index contributed by atoms with van der Waals surface area (Å²) >= 11 is 0. The van der Waals surface area contributed by atoms with Crippen molar-refractivity contribution in [3.8, 4) is 44.9 Å². The van der Waals surface area contributed by atoms with Crippen LogP contribution in [0.15, 0.2) is 48.5 Å². The van der Waals surface area contributed by atoms with Gasteiger partial charge in [-0.15, -0.1) is 0 Å². The van der Waals surface area contributed by atoms with E-state index in [-0.39, 0.29) is 64.4 Å². The molecular formula is C62H85F10NO3. The van der Waals surface area contributed by atoms with Crippen molar-refractivity contribution in [1.29, 1.82) is 0 Å². The molecule has 0 heterocycles. The Morgan fingerprint density at radius 3 is 1.25 bits per heavy atom. The number of alkyl halides is 10. The lowest BCUT2D eigenvalue weighted by Crippen LogP contribution is -2.51. The van der Waals surface area contributed by atoms with Crippen LogP contribution in [0.25, 0.3) is 33.4 Å². The number of benzene rings is 4. The molecule has 0 saturated carbocycles. The molecule has 0 aliphatic heterocycles. The second-order valence-electron chi connectivity index (χ2n) is 22.8. The Morgan fingerprint density at radius 1 is 0.500 bits per heavy atom. The van der Waals surface area contributed by atoms with Gasteiger partial charge < -0.3 is 14.2 Å². The topological polar surface area (TPSA) is 30.9 Å². The van der Waals surface area contributed by atoms with E-state index in [9.17, 15) is 43.9 Å². The zero-order chi connectivity index (χ0) is 57.2. The molecule has 4 aromatic carbocycles. The molecule has 0 unspecified atom stereocenters. The number of unbranched alkanes of at least 4 members (excludes halogenated alkanes) is 10. The van der Waals surface area contributed by atoms with Crippen LogP contribution in [0.1, 0.15) is 204 Å². The van der Waals surface area contributed by atoms with Gasteiger partial charge in [0.2, 0.25) is 0 Å². The van der Waals surface area contributed by atoms with Crippen LogP contribution in [0.4, 0.5) is 43.9 Å². The average molecular weight is 1080 g/mol. The number of likely N-dealkylation sites (N-methyl/N-ethyl adjacent to an activating group) is 1. The minimum Gasteiger partial charge on any atom is -0.496 e. The highest BCUT2D eigenvalue weighted by atomic mass is 19.4. The second-order valence-corrected chi connectivity index (χ2v) is 22.8. The summed E-state index contributed by atoms with van der Waals surface area (Å²) in [5.74, 6) is 0.321. The van der Waals surface area contributed by atoms with Crippen molar-refractivity contribution in [2.24, 2.45) is 0 Å². The van der Waals surface area contributed by atoms with E-state index in [0.29, 0.717) is 46.2 Å². The van der Waals surface area contributed by atoms with Gasteiger partial charge in [-0.25, -0.2) is 4.39 Å². The minimum absolute atomic E-state index is 0.00551. The SMILES string of the molecule is CCCCCCCCC(CCCCCCCC)(OC)[C@H](C)N(C)Cc1c(-c2cc(C(C)(C)C)c(OC)c(-c3cc(CF)cc(C(F)(F)F)c3)c2CC)cc(C(C)(C)C)c(OC)c1-c1cc(C(F)(F)F)cc(C(F)(F)F)c1. The van der Waals surface area contributed by atoms with Gasteiger partial charge in [-0.3, -0.25) is 4.90 Å². The van der Waals surface area contributed by atoms with Gasteiger partial charge in [-0.1, -0.05) is 139 Å². The predicted molar refractivity (Wildman–Crippen MR) is 289 cm³/mol. The number of hydrogen-bond donors (Lipinski definition) is 0. The number of nitrogens with zero attached hydrogens (tertiary/aromatic N) is 1. The molecule has 4 aromatic rings. The van der Waals surface area contributed by atoms with E-state index in [1.807, 2.05) is 67.6 Å². The van der Waals surface area contributed by atoms with Gasteiger partial charge in [0, 0.05) is 42.0 Å². The summed E-state index contributed by atoms with van der Waals surface area (Å²) in [4.78, 5) is 2.05. The Kier molecular flexibility index (Phi) is 22.5. The highest BCUT2D eigenvalue weighted by molar-refractivity contribution is 5.91. The smallest absolute Gasteiger partial charge is 0.416 e. The monoisotopic (exact) mass is 1080 g/mol. The first-order valence-corrected chi connectivity index (χ1v) is 27.2. The number of ether oxygens (including phenoxy) is 3. The Balaban J connectivity index is 2.32. The summed E-state index contributed by atoms with van der Waals surface area (Å²) < 4.78 is 168. The summed E-state index contributed by atoms with van der Waals surface area (Å²) in [6.45, 7) is 18.2. The zero-order valence-corrected chi connectivity index (χ0v) is 47.7. The van der Waals surface area contributed by atoms with E-state index in [2.05, 4.69) is 25.7 Å². The van der Waals surface area contributed by atoms with E-state index >= 15 is 0 Å². The van der Waals surface area contributed by atoms with Crippen LogP contribution in [0, 0.1) is 0 Å². The van der Waals surface area contributed by atoms with Crippen molar-refractivity contribution in [2.45, 2.75) is 220 Å². The number of rotatable bonds is 26. The quantitative estimate of drug-likeness (QED) is 0.0463. The Morgan fingerprint density at radius 2 is 0.882 bits per heavy atom. The number of hydrogen-bond acceptors (Lipinski definition) is 4. The molecule has 14 heteroatoms. The van der Waals surface area contributed by atoms with Crippen molar-refractivity contribution < 1.29 is 58.1 Å². The van der Waals surface area contributed by atoms with Crippen LogP contribution >= 0.6 is 0 Å². The van der Waals surface area contributed by atoms with Crippen molar-refractivity contribution in [2.75, 3.05) is 28.4 Å². The molecule has 426 valence electrons. The van der Waals surface area contributed by atoms with Crippen LogP contribution in [0.2, 0.25) is 0 Å². The van der Waals surface area contributed by atoms with Crippen LogP contribution < -0.4 is 9.47 Å². The summed E-state index contributed by atoms with van der Waals surface area (Å²) in [6.07, 6.45) is -1.08. The molecule has 4 nitrogen and oxygen atoms in total. The highest BCUT2D eigenvalue weighted by Gasteiger charge is 2.42. The highest BCUT2D eigenvalue weighted by Crippen LogP contribution is 2.53. The summed E-state index contributed by atoms with van der Waals surface area (Å²) in [6, 6.07) is 8.03. The lowest BCUT2D eigenvalue weighted by atomic mass is 9.75. The van der Waals surface area contributed by atoms with Crippen LogP contribution in [-0.4, -0.2) is 44.9 Å². The minimum atomic E-state index is -5.18. The third-order valence-corrected chi connectivity index (χ3v) is 15.2. The fourth-order valence-corrected chi connectivity index (χ4v) is 10.9. The summed E-state index contributed by atoms with van der Waals surface area (Å²) in [7, 11) is 6.34. The number of methoxy groups -OCH3 is 3. The zero-order valence-electron chi connectivity index (χ0n) is 47.7. The fraction of sp³-hybridized carbons (Fsp3) is 0.613. The maximum Gasteiger partial charge on any atom is 0.416 e. The van der Waals surface area contributed by atoms with E-state index in [4.69, 9.17) is 14.2 Å². The first-order chi connectivity index (χ1) is 35.4. The van der Waals surface area contributed by atoms with E-state index < -0.39 is 58.3 Å². The molecule has 4 rings (SSSR count). The van der Waals surface area contributed by atoms with Crippen LogP contribution in [0.3, 0.4) is 0 Å². The molecule has 76 heavy (non-hydrogen) atoms. The maximum absolute atomic E-state index is 15.0. The first kappa shape index (κ1) is 64.2. The predicted octanol–water partition coefficient (Wildman–Crippen LogP) is 20.1. The molecule has 0 amide bonds. The van der Waals surface area contributed by atoms with Crippen molar-refractivity contribution in [3.05, 3.63) is 93.0 Å².